The van der Waals surface area contributed by atoms with Gasteiger partial charge < -0.3 is 8.85 Å². The van der Waals surface area contributed by atoms with Crippen molar-refractivity contribution in [2.45, 2.75) is 116 Å². The average Bonchev–Trinajstić information content (AvgIpc) is 3.21. The average molecular weight is 437 g/mol. The molecule has 2 aliphatic rings. The third-order valence-corrected chi connectivity index (χ3v) is 20.8. The second kappa shape index (κ2) is 13.3. The lowest BCUT2D eigenvalue weighted by atomic mass is 10.4. The van der Waals surface area contributed by atoms with E-state index in [1.165, 1.54) is 50.0 Å². The Morgan fingerprint density at radius 3 is 1.62 bits per heavy atom. The molecule has 2 fully saturated rings. The third kappa shape index (κ3) is 9.50. The van der Waals surface area contributed by atoms with Gasteiger partial charge in [0.05, 0.1) is 0 Å². The van der Waals surface area contributed by atoms with Gasteiger partial charge in [-0.05, 0) is 70.2 Å². The summed E-state index contributed by atoms with van der Waals surface area (Å²) in [6.45, 7) is 13.0. The maximum Gasteiger partial charge on any atom is 0.406 e. The van der Waals surface area contributed by atoms with Gasteiger partial charge in [-0.3, -0.25) is 0 Å². The van der Waals surface area contributed by atoms with E-state index in [0.717, 1.165) is 6.04 Å². The number of unbranched alkanes of at least 4 members (excludes halogenated alkanes) is 2. The minimum Gasteiger partial charge on any atom is -0.384 e. The molecule has 0 saturated carbocycles. The fourth-order valence-corrected chi connectivity index (χ4v) is 20.4. The summed E-state index contributed by atoms with van der Waals surface area (Å²) in [7, 11) is -2.60. The fourth-order valence-electron chi connectivity index (χ4n) is 3.79. The number of hydrogen-bond acceptors (Lipinski definition) is 4. The van der Waals surface area contributed by atoms with Crippen molar-refractivity contribution in [3.8, 4) is 0 Å². The highest BCUT2D eigenvalue weighted by molar-refractivity contribution is 8.29. The molecular weight excluding hydrogens is 393 g/mol. The molecule has 2 saturated heterocycles. The van der Waals surface area contributed by atoms with Crippen molar-refractivity contribution in [2.24, 2.45) is 0 Å². The second-order valence-electron chi connectivity index (χ2n) is 8.31. The smallest absolute Gasteiger partial charge is 0.384 e. The van der Waals surface area contributed by atoms with Crippen molar-refractivity contribution in [3.05, 3.63) is 0 Å². The molecule has 0 aromatic carbocycles. The Bertz CT molecular complexity index is 334. The largest absolute Gasteiger partial charge is 0.406 e. The van der Waals surface area contributed by atoms with E-state index in [4.69, 9.17) is 8.85 Å². The van der Waals surface area contributed by atoms with Gasteiger partial charge in [0.15, 0.2) is 0 Å². The van der Waals surface area contributed by atoms with Crippen LogP contribution in [0.15, 0.2) is 0 Å². The first kappa shape index (κ1) is 25.1. The van der Waals surface area contributed by atoms with Crippen LogP contribution in [0.1, 0.15) is 80.1 Å². The van der Waals surface area contributed by atoms with Crippen molar-refractivity contribution in [2.75, 3.05) is 11.5 Å². The van der Waals surface area contributed by atoms with Crippen molar-refractivity contribution in [3.63, 3.8) is 0 Å². The van der Waals surface area contributed by atoms with Gasteiger partial charge in [-0.15, -0.1) is 11.2 Å². The van der Waals surface area contributed by atoms with Crippen molar-refractivity contribution in [1.29, 1.82) is 0 Å². The highest BCUT2D eigenvalue weighted by atomic mass is 32.4. The first-order valence-electron chi connectivity index (χ1n) is 11.0. The van der Waals surface area contributed by atoms with Gasteiger partial charge in [0.2, 0.25) is 0 Å². The van der Waals surface area contributed by atoms with Crippen molar-refractivity contribution >= 4 is 37.4 Å². The first-order valence-corrected chi connectivity index (χ1v) is 19.1. The zero-order valence-electron chi connectivity index (χ0n) is 18.3. The van der Waals surface area contributed by atoms with Gasteiger partial charge in [0.1, 0.15) is 7.22 Å². The molecular formula is C20H44O2S2Si2. The molecule has 0 radical (unpaired) electrons. The molecule has 0 aliphatic carbocycles. The first-order chi connectivity index (χ1) is 12.4. The maximum absolute atomic E-state index is 5.99. The normalized spacial score (nSPS) is 21.2. The van der Waals surface area contributed by atoms with Gasteiger partial charge >= 0.3 is 7.71 Å². The standard InChI is InChI=1S/C11H24SSi.C9H20O2SSi/c1-3-5-9-13(10-6-4-2)11-7-8-12-13;1-8(2)10-13(11-9(3)4)7-5-6-12-13/h3-11H2,1-2H3;8-9H,5-7H2,1-4H3. The lowest BCUT2D eigenvalue weighted by Crippen LogP contribution is -2.40. The molecule has 26 heavy (non-hydrogen) atoms. The molecule has 2 heterocycles. The summed E-state index contributed by atoms with van der Waals surface area (Å²) in [5, 5.41) is 0. The molecule has 2 nitrogen and oxygen atoms in total. The molecule has 0 amide bonds. The summed E-state index contributed by atoms with van der Waals surface area (Å²) >= 11 is 4.35. The summed E-state index contributed by atoms with van der Waals surface area (Å²) in [6.07, 6.45) is 9.21. The minimum absolute atomic E-state index is 0.302. The molecule has 6 heteroatoms. The Morgan fingerprint density at radius 2 is 1.27 bits per heavy atom. The van der Waals surface area contributed by atoms with Crippen LogP contribution >= 0.6 is 22.4 Å². The minimum atomic E-state index is -1.84. The molecule has 0 aromatic rings. The second-order valence-corrected chi connectivity index (χ2v) is 22.1. The summed E-state index contributed by atoms with van der Waals surface area (Å²) < 4.78 is 12.0. The van der Waals surface area contributed by atoms with E-state index < -0.39 is 14.9 Å². The zero-order valence-corrected chi connectivity index (χ0v) is 21.9. The Balaban J connectivity index is 0.000000260. The van der Waals surface area contributed by atoms with Crippen LogP contribution in [0, 0.1) is 0 Å². The van der Waals surface area contributed by atoms with Crippen molar-refractivity contribution in [1.82, 2.24) is 0 Å². The van der Waals surface area contributed by atoms with E-state index in [2.05, 4.69) is 52.8 Å². The molecule has 0 aromatic heterocycles. The summed E-state index contributed by atoms with van der Waals surface area (Å²) in [5.41, 5.74) is 0. The quantitative estimate of drug-likeness (QED) is 0.328. The van der Waals surface area contributed by atoms with Gasteiger partial charge in [-0.2, -0.15) is 11.2 Å². The summed E-state index contributed by atoms with van der Waals surface area (Å²) in [6, 6.07) is 6.04. The fraction of sp³-hybridized carbons (Fsp3) is 1.00. The monoisotopic (exact) mass is 436 g/mol. The van der Waals surface area contributed by atoms with Gasteiger partial charge in [0, 0.05) is 18.3 Å². The van der Waals surface area contributed by atoms with Crippen molar-refractivity contribution < 1.29 is 8.85 Å². The van der Waals surface area contributed by atoms with E-state index in [0.29, 0.717) is 12.2 Å². The number of rotatable bonds is 10. The van der Waals surface area contributed by atoms with Crippen LogP contribution in [0.25, 0.3) is 0 Å². The lowest BCUT2D eigenvalue weighted by molar-refractivity contribution is 0.124. The highest BCUT2D eigenvalue weighted by Gasteiger charge is 2.44. The molecule has 2 rings (SSSR count). The predicted octanol–water partition coefficient (Wildman–Crippen LogP) is 7.58. The maximum atomic E-state index is 5.99. The Hall–Kier alpha value is 1.05. The van der Waals surface area contributed by atoms with Crippen LogP contribution in [0.2, 0.25) is 24.2 Å². The van der Waals surface area contributed by atoms with Crippen LogP contribution in [-0.4, -0.2) is 38.6 Å². The van der Waals surface area contributed by atoms with Crippen LogP contribution in [0.5, 0.6) is 0 Å². The van der Waals surface area contributed by atoms with Crippen LogP contribution in [0.3, 0.4) is 0 Å². The van der Waals surface area contributed by atoms with Crippen LogP contribution < -0.4 is 0 Å². The predicted molar refractivity (Wildman–Crippen MR) is 127 cm³/mol. The molecule has 0 bridgehead atoms. The highest BCUT2D eigenvalue weighted by Crippen LogP contribution is 2.43. The van der Waals surface area contributed by atoms with Crippen LogP contribution in [0.4, 0.5) is 0 Å². The topological polar surface area (TPSA) is 18.5 Å². The number of hydrogen-bond donors (Lipinski definition) is 0. The molecule has 0 N–H and O–H groups in total. The Morgan fingerprint density at radius 1 is 0.769 bits per heavy atom. The van der Waals surface area contributed by atoms with Gasteiger partial charge in [-0.25, -0.2) is 0 Å². The molecule has 0 spiro atoms. The Labute approximate surface area is 173 Å². The van der Waals surface area contributed by atoms with Crippen LogP contribution in [-0.2, 0) is 8.85 Å². The SMILES string of the molecule is CC(C)O[Si]1(OC(C)C)CCCS1.CCCC[Si]1(CCCC)CCCS1. The third-order valence-electron chi connectivity index (χ3n) is 4.94. The molecule has 156 valence electrons. The summed E-state index contributed by atoms with van der Waals surface area (Å²) in [4.78, 5) is 0. The van der Waals surface area contributed by atoms with E-state index in [1.807, 2.05) is 11.2 Å². The summed E-state index contributed by atoms with van der Waals surface area (Å²) in [5.74, 6) is 2.70. The molecule has 2 aliphatic heterocycles. The van der Waals surface area contributed by atoms with Gasteiger partial charge in [-0.1, -0.05) is 39.5 Å². The zero-order chi connectivity index (χ0) is 19.5. The molecule has 0 atom stereocenters. The Kier molecular flexibility index (Phi) is 12.8. The van der Waals surface area contributed by atoms with E-state index >= 15 is 0 Å². The van der Waals surface area contributed by atoms with Gasteiger partial charge in [0.25, 0.3) is 0 Å². The van der Waals surface area contributed by atoms with E-state index in [9.17, 15) is 0 Å². The van der Waals surface area contributed by atoms with E-state index in [-0.39, 0.29) is 0 Å². The molecule has 0 unspecified atom stereocenters. The lowest BCUT2D eigenvalue weighted by Gasteiger charge is -2.29. The van der Waals surface area contributed by atoms with E-state index in [1.54, 1.807) is 18.1 Å².